The van der Waals surface area contributed by atoms with E-state index in [1.54, 1.807) is 7.05 Å². The molecule has 0 spiro atoms. The molecule has 0 bridgehead atoms. The lowest BCUT2D eigenvalue weighted by Crippen LogP contribution is -2.46. The van der Waals surface area contributed by atoms with Crippen molar-refractivity contribution in [2.45, 2.75) is 25.9 Å². The molecule has 0 aliphatic carbocycles. The maximum Gasteiger partial charge on any atom is 0.329 e. The average molecular weight is 477 g/mol. The van der Waals surface area contributed by atoms with Crippen LogP contribution >= 0.6 is 0 Å². The molecule has 1 saturated heterocycles. The first-order valence-electron chi connectivity index (χ1n) is 11.9. The second-order valence-electron chi connectivity index (χ2n) is 9.03. The van der Waals surface area contributed by atoms with Crippen LogP contribution < -0.4 is 16.1 Å². The van der Waals surface area contributed by atoms with Crippen LogP contribution in [0, 0.1) is 5.82 Å². The second-order valence-corrected chi connectivity index (χ2v) is 9.03. The van der Waals surface area contributed by atoms with Gasteiger partial charge in [-0.2, -0.15) is 4.98 Å². The van der Waals surface area contributed by atoms with E-state index < -0.39 is 11.2 Å². The lowest BCUT2D eigenvalue weighted by Gasteiger charge is -2.35. The topological polar surface area (TPSA) is 79.2 Å². The van der Waals surface area contributed by atoms with Gasteiger partial charge >= 0.3 is 5.69 Å². The van der Waals surface area contributed by atoms with Crippen molar-refractivity contribution in [3.8, 4) is 0 Å². The van der Waals surface area contributed by atoms with E-state index in [-0.39, 0.29) is 5.82 Å². The van der Waals surface area contributed by atoms with Crippen molar-refractivity contribution in [2.75, 3.05) is 31.1 Å². The molecular weight excluding hydrogens is 447 g/mol. The minimum atomic E-state index is -0.466. The van der Waals surface area contributed by atoms with Gasteiger partial charge in [0, 0.05) is 46.3 Å². The van der Waals surface area contributed by atoms with Crippen molar-refractivity contribution in [1.82, 2.24) is 24.0 Å². The fourth-order valence-electron chi connectivity index (χ4n) is 4.72. The minimum absolute atomic E-state index is 0.228. The molecule has 1 aliphatic heterocycles. The van der Waals surface area contributed by atoms with Crippen LogP contribution in [0.1, 0.15) is 17.5 Å². The van der Waals surface area contributed by atoms with Crippen LogP contribution in [0.5, 0.6) is 0 Å². The Labute approximate surface area is 202 Å². The summed E-state index contributed by atoms with van der Waals surface area (Å²) in [6.07, 6.45) is 1.73. The second kappa shape index (κ2) is 9.87. The summed E-state index contributed by atoms with van der Waals surface area (Å²) >= 11 is 0. The molecule has 182 valence electrons. The van der Waals surface area contributed by atoms with Crippen LogP contribution in [0.4, 0.5) is 10.3 Å². The van der Waals surface area contributed by atoms with Gasteiger partial charge in [0.15, 0.2) is 11.2 Å². The smallest absolute Gasteiger partial charge is 0.329 e. The van der Waals surface area contributed by atoms with E-state index in [1.165, 1.54) is 22.3 Å². The Morgan fingerprint density at radius 3 is 2.37 bits per heavy atom. The van der Waals surface area contributed by atoms with E-state index in [0.29, 0.717) is 17.7 Å². The highest BCUT2D eigenvalue weighted by molar-refractivity contribution is 5.74. The first-order chi connectivity index (χ1) is 17.0. The number of benzene rings is 2. The number of rotatable bonds is 7. The summed E-state index contributed by atoms with van der Waals surface area (Å²) in [5.74, 6) is 0.496. The summed E-state index contributed by atoms with van der Waals surface area (Å²) in [6.45, 7) is 4.51. The summed E-state index contributed by atoms with van der Waals surface area (Å²) in [5.41, 5.74) is 2.29. The van der Waals surface area contributed by atoms with Crippen LogP contribution in [-0.4, -0.2) is 50.2 Å². The summed E-state index contributed by atoms with van der Waals surface area (Å²) < 4.78 is 16.6. The highest BCUT2D eigenvalue weighted by Gasteiger charge is 2.25. The van der Waals surface area contributed by atoms with E-state index in [9.17, 15) is 14.0 Å². The molecular formula is C26H29FN6O2. The third-order valence-corrected chi connectivity index (χ3v) is 6.65. The third kappa shape index (κ3) is 4.90. The zero-order valence-electron chi connectivity index (χ0n) is 19.8. The monoisotopic (exact) mass is 476 g/mol. The maximum atomic E-state index is 13.2. The zero-order chi connectivity index (χ0) is 24.4. The standard InChI is InChI=1S/C26H29FN6O2/c1-30-23-22(24(34)29-26(30)35)33(13-5-8-19-6-3-2-4-7-19)25(28-23)32-16-14-31(15-17-32)18-20-9-11-21(27)12-10-20/h2-4,6-7,9-12H,5,8,13-18H2,1H3,(H,29,34,35). The van der Waals surface area contributed by atoms with E-state index in [4.69, 9.17) is 4.98 Å². The Morgan fingerprint density at radius 2 is 1.66 bits per heavy atom. The van der Waals surface area contributed by atoms with E-state index >= 15 is 0 Å². The van der Waals surface area contributed by atoms with Crippen LogP contribution in [0.3, 0.4) is 0 Å². The molecule has 35 heavy (non-hydrogen) atoms. The molecule has 9 heteroatoms. The summed E-state index contributed by atoms with van der Waals surface area (Å²) in [5, 5.41) is 0. The van der Waals surface area contributed by atoms with Gasteiger partial charge in [0.1, 0.15) is 5.82 Å². The average Bonchev–Trinajstić information content (AvgIpc) is 3.25. The molecule has 2 aromatic carbocycles. The van der Waals surface area contributed by atoms with Crippen molar-refractivity contribution >= 4 is 17.1 Å². The van der Waals surface area contributed by atoms with Gasteiger partial charge in [-0.3, -0.25) is 19.2 Å². The van der Waals surface area contributed by atoms with E-state index in [1.807, 2.05) is 34.9 Å². The molecule has 0 unspecified atom stereocenters. The molecule has 2 aromatic heterocycles. The van der Waals surface area contributed by atoms with Gasteiger partial charge in [0.05, 0.1) is 0 Å². The summed E-state index contributed by atoms with van der Waals surface area (Å²) in [7, 11) is 1.63. The van der Waals surface area contributed by atoms with Crippen LogP contribution in [0.15, 0.2) is 64.2 Å². The number of imidazole rings is 1. The van der Waals surface area contributed by atoms with E-state index in [0.717, 1.165) is 57.1 Å². The van der Waals surface area contributed by atoms with Gasteiger partial charge in [-0.25, -0.2) is 9.18 Å². The number of aromatic amines is 1. The van der Waals surface area contributed by atoms with Crippen LogP contribution in [0.25, 0.3) is 11.2 Å². The molecule has 1 aliphatic rings. The Bertz CT molecular complexity index is 1420. The Morgan fingerprint density at radius 1 is 0.943 bits per heavy atom. The number of fused-ring (bicyclic) bond motifs is 1. The number of aromatic nitrogens is 4. The Balaban J connectivity index is 1.37. The molecule has 8 nitrogen and oxygen atoms in total. The number of anilines is 1. The number of nitrogens with zero attached hydrogens (tertiary/aromatic N) is 5. The molecule has 5 rings (SSSR count). The van der Waals surface area contributed by atoms with Crippen molar-refractivity contribution in [3.63, 3.8) is 0 Å². The third-order valence-electron chi connectivity index (χ3n) is 6.65. The number of piperazine rings is 1. The van der Waals surface area contributed by atoms with Gasteiger partial charge in [0.2, 0.25) is 5.95 Å². The molecule has 1 N–H and O–H groups in total. The number of H-pyrrole nitrogens is 1. The Kier molecular flexibility index (Phi) is 6.50. The molecule has 3 heterocycles. The number of halogens is 1. The minimum Gasteiger partial charge on any atom is -0.340 e. The van der Waals surface area contributed by atoms with Crippen molar-refractivity contribution < 1.29 is 4.39 Å². The largest absolute Gasteiger partial charge is 0.340 e. The summed E-state index contributed by atoms with van der Waals surface area (Å²) in [4.78, 5) is 36.7. The fourth-order valence-corrected chi connectivity index (χ4v) is 4.72. The molecule has 0 radical (unpaired) electrons. The first kappa shape index (κ1) is 23.0. The van der Waals surface area contributed by atoms with Crippen LogP contribution in [-0.2, 0) is 26.6 Å². The van der Waals surface area contributed by atoms with Gasteiger partial charge in [-0.05, 0) is 36.1 Å². The van der Waals surface area contributed by atoms with Crippen molar-refractivity contribution in [3.05, 3.63) is 92.4 Å². The molecule has 4 aromatic rings. The van der Waals surface area contributed by atoms with E-state index in [2.05, 4.69) is 26.9 Å². The SMILES string of the molecule is Cn1c(=O)[nH]c(=O)c2c1nc(N1CCN(Cc3ccc(F)cc3)CC1)n2CCCc1ccccc1. The number of hydrogen-bond donors (Lipinski definition) is 1. The molecule has 0 atom stereocenters. The number of hydrogen-bond acceptors (Lipinski definition) is 5. The maximum absolute atomic E-state index is 13.2. The molecule has 0 saturated carbocycles. The highest BCUT2D eigenvalue weighted by atomic mass is 19.1. The van der Waals surface area contributed by atoms with Gasteiger partial charge < -0.3 is 9.47 Å². The summed E-state index contributed by atoms with van der Waals surface area (Å²) in [6, 6.07) is 16.9. The van der Waals surface area contributed by atoms with Crippen molar-refractivity contribution in [1.29, 1.82) is 0 Å². The number of aryl methyl sites for hydroxylation is 3. The molecule has 0 amide bonds. The first-order valence-corrected chi connectivity index (χ1v) is 11.9. The van der Waals surface area contributed by atoms with Crippen LogP contribution in [0.2, 0.25) is 0 Å². The van der Waals surface area contributed by atoms with Gasteiger partial charge in [-0.1, -0.05) is 42.5 Å². The number of nitrogens with one attached hydrogen (secondary N) is 1. The fraction of sp³-hybridized carbons (Fsp3) is 0.346. The quantitative estimate of drug-likeness (QED) is 0.444. The lowest BCUT2D eigenvalue weighted by molar-refractivity contribution is 0.248. The predicted molar refractivity (Wildman–Crippen MR) is 134 cm³/mol. The predicted octanol–water partition coefficient (Wildman–Crippen LogP) is 2.52. The zero-order valence-corrected chi connectivity index (χ0v) is 19.8. The van der Waals surface area contributed by atoms with Gasteiger partial charge in [0.25, 0.3) is 5.56 Å². The normalized spacial score (nSPS) is 14.6. The van der Waals surface area contributed by atoms with Crippen molar-refractivity contribution in [2.24, 2.45) is 7.05 Å². The lowest BCUT2D eigenvalue weighted by atomic mass is 10.1. The highest BCUT2D eigenvalue weighted by Crippen LogP contribution is 2.22. The molecule has 1 fully saturated rings. The Hall–Kier alpha value is -3.72. The van der Waals surface area contributed by atoms with Gasteiger partial charge in [-0.15, -0.1) is 0 Å².